The Bertz CT molecular complexity index is 1960. The molecule has 0 aromatic carbocycles. The van der Waals surface area contributed by atoms with Gasteiger partial charge in [-0.2, -0.15) is 28.6 Å². The number of hydrogen-bond donors (Lipinski definition) is 1. The molecule has 2 aliphatic rings. The number of pyridine rings is 2. The summed E-state index contributed by atoms with van der Waals surface area (Å²) in [5.74, 6) is 0.744. The summed E-state index contributed by atoms with van der Waals surface area (Å²) < 4.78 is 42.6. The molecule has 1 aliphatic heterocycles. The number of fused-ring (bicyclic) bond motifs is 2. The Morgan fingerprint density at radius 2 is 1.80 bits per heavy atom. The molecule has 5 aromatic rings. The van der Waals surface area contributed by atoms with Crippen molar-refractivity contribution >= 4 is 17.2 Å². The lowest BCUT2D eigenvalue weighted by atomic mass is 9.97. The van der Waals surface area contributed by atoms with Crippen molar-refractivity contribution in [2.75, 3.05) is 18.0 Å². The molecule has 5 aromatic heterocycles. The largest absolute Gasteiger partial charge is 0.433 e. The standard InChI is InChI=1S/C31H27F3N10O/c1-30(41-29(45)18-3-4-36-26(6-18)31(32,33)34)7-20-15-43(16-21(20)8-30)27-13-37-25(12-38-27)24-5-19(23-11-39-42(2)14-23)17-44-28(24)22(9-35)10-40-44/h3-6,10-14,17,20-21H,7-8,15-16H2,1-2H3,(H,41,45)/t20-,21+,30?. The number of alkyl halides is 3. The molecule has 0 radical (unpaired) electrons. The van der Waals surface area contributed by atoms with Crippen molar-refractivity contribution < 1.29 is 18.0 Å². The van der Waals surface area contributed by atoms with Gasteiger partial charge in [0, 0.05) is 66.5 Å². The zero-order valence-electron chi connectivity index (χ0n) is 24.3. The van der Waals surface area contributed by atoms with E-state index in [9.17, 15) is 23.2 Å². The Morgan fingerprint density at radius 3 is 2.44 bits per heavy atom. The Hall–Kier alpha value is -5.32. The van der Waals surface area contributed by atoms with Gasteiger partial charge in [-0.05, 0) is 49.8 Å². The number of anilines is 1. The zero-order chi connectivity index (χ0) is 31.5. The summed E-state index contributed by atoms with van der Waals surface area (Å²) in [6, 6.07) is 6.25. The molecule has 11 nitrogen and oxygen atoms in total. The van der Waals surface area contributed by atoms with Gasteiger partial charge in [-0.25, -0.2) is 9.50 Å². The summed E-state index contributed by atoms with van der Waals surface area (Å²) in [6.45, 7) is 3.39. The second-order valence-electron chi connectivity index (χ2n) is 12.0. The third-order valence-corrected chi connectivity index (χ3v) is 8.74. The summed E-state index contributed by atoms with van der Waals surface area (Å²) in [6.07, 6.45) is 8.26. The van der Waals surface area contributed by atoms with Gasteiger partial charge >= 0.3 is 6.18 Å². The van der Waals surface area contributed by atoms with Crippen LogP contribution < -0.4 is 10.2 Å². The van der Waals surface area contributed by atoms with Crippen molar-refractivity contribution in [2.24, 2.45) is 18.9 Å². The maximum atomic E-state index is 13.1. The van der Waals surface area contributed by atoms with Crippen molar-refractivity contribution in [2.45, 2.75) is 31.5 Å². The van der Waals surface area contributed by atoms with Crippen LogP contribution >= 0.6 is 0 Å². The van der Waals surface area contributed by atoms with Gasteiger partial charge in [0.25, 0.3) is 5.91 Å². The maximum Gasteiger partial charge on any atom is 0.433 e. The molecule has 228 valence electrons. The van der Waals surface area contributed by atoms with E-state index in [1.807, 2.05) is 32.4 Å². The highest BCUT2D eigenvalue weighted by molar-refractivity contribution is 5.94. The molecule has 1 N–H and O–H groups in total. The number of amides is 1. The quantitative estimate of drug-likeness (QED) is 0.307. The van der Waals surface area contributed by atoms with Gasteiger partial charge in [0.1, 0.15) is 17.6 Å². The van der Waals surface area contributed by atoms with Gasteiger partial charge in [-0.15, -0.1) is 0 Å². The highest BCUT2D eigenvalue weighted by atomic mass is 19.4. The van der Waals surface area contributed by atoms with Crippen molar-refractivity contribution in [3.05, 3.63) is 78.4 Å². The average molecular weight is 613 g/mol. The Kier molecular flexibility index (Phi) is 6.57. The van der Waals surface area contributed by atoms with Crippen LogP contribution in [0.2, 0.25) is 0 Å². The minimum absolute atomic E-state index is 0.0614. The minimum atomic E-state index is -4.62. The zero-order valence-corrected chi connectivity index (χ0v) is 24.3. The van der Waals surface area contributed by atoms with E-state index in [4.69, 9.17) is 9.97 Å². The topological polar surface area (TPSA) is 130 Å². The number of nitriles is 1. The monoisotopic (exact) mass is 612 g/mol. The molecule has 6 heterocycles. The molecule has 2 fully saturated rings. The molecule has 14 heteroatoms. The van der Waals surface area contributed by atoms with E-state index in [1.54, 1.807) is 27.8 Å². The van der Waals surface area contributed by atoms with Gasteiger partial charge in [0.05, 0.1) is 41.6 Å². The molecule has 1 aliphatic carbocycles. The van der Waals surface area contributed by atoms with Crippen LogP contribution in [-0.4, -0.2) is 58.9 Å². The van der Waals surface area contributed by atoms with E-state index in [0.29, 0.717) is 29.6 Å². The maximum absolute atomic E-state index is 13.1. The average Bonchev–Trinajstić information content (AvgIpc) is 3.79. The van der Waals surface area contributed by atoms with Gasteiger partial charge in [0.2, 0.25) is 0 Å². The Balaban J connectivity index is 1.07. The minimum Gasteiger partial charge on any atom is -0.355 e. The molecule has 1 unspecified atom stereocenters. The molecule has 1 amide bonds. The molecule has 1 saturated heterocycles. The lowest BCUT2D eigenvalue weighted by Gasteiger charge is -2.29. The van der Waals surface area contributed by atoms with Crippen LogP contribution in [0.3, 0.4) is 0 Å². The molecular weight excluding hydrogens is 585 g/mol. The van der Waals surface area contributed by atoms with Crippen LogP contribution in [-0.2, 0) is 13.2 Å². The molecule has 7 rings (SSSR count). The lowest BCUT2D eigenvalue weighted by Crippen LogP contribution is -2.45. The Morgan fingerprint density at radius 1 is 1.02 bits per heavy atom. The summed E-state index contributed by atoms with van der Waals surface area (Å²) in [7, 11) is 1.84. The second-order valence-corrected chi connectivity index (χ2v) is 12.0. The molecule has 45 heavy (non-hydrogen) atoms. The number of aromatic nitrogens is 7. The van der Waals surface area contributed by atoms with E-state index in [0.717, 1.165) is 47.9 Å². The number of rotatable bonds is 5. The van der Waals surface area contributed by atoms with Gasteiger partial charge in [0.15, 0.2) is 0 Å². The van der Waals surface area contributed by atoms with Gasteiger partial charge in [-0.3, -0.25) is 19.4 Å². The first-order chi connectivity index (χ1) is 21.5. The smallest absolute Gasteiger partial charge is 0.355 e. The number of carbonyl (C=O) groups is 1. The predicted molar refractivity (Wildman–Crippen MR) is 157 cm³/mol. The Labute approximate surface area is 255 Å². The van der Waals surface area contributed by atoms with Crippen molar-refractivity contribution in [1.82, 2.24) is 39.7 Å². The first-order valence-electron chi connectivity index (χ1n) is 14.3. The van der Waals surface area contributed by atoms with Crippen LogP contribution in [0.5, 0.6) is 0 Å². The molecular formula is C31H27F3N10O. The lowest BCUT2D eigenvalue weighted by molar-refractivity contribution is -0.141. The number of carbonyl (C=O) groups excluding carboxylic acids is 1. The third-order valence-electron chi connectivity index (χ3n) is 8.74. The molecule has 3 atom stereocenters. The van der Waals surface area contributed by atoms with Crippen molar-refractivity contribution in [3.8, 4) is 28.5 Å². The number of nitrogens with zero attached hydrogens (tertiary/aromatic N) is 9. The summed E-state index contributed by atoms with van der Waals surface area (Å²) >= 11 is 0. The van der Waals surface area contributed by atoms with Gasteiger partial charge < -0.3 is 10.2 Å². The fraction of sp³-hybridized carbons (Fsp3) is 0.323. The van der Waals surface area contributed by atoms with Crippen LogP contribution in [0.1, 0.15) is 41.4 Å². The summed E-state index contributed by atoms with van der Waals surface area (Å²) in [5, 5.41) is 21.3. The van der Waals surface area contributed by atoms with E-state index >= 15 is 0 Å². The van der Waals surface area contributed by atoms with Crippen molar-refractivity contribution in [1.29, 1.82) is 5.26 Å². The fourth-order valence-electron chi connectivity index (χ4n) is 6.75. The number of hydrogen-bond acceptors (Lipinski definition) is 8. The normalized spacial score (nSPS) is 21.2. The van der Waals surface area contributed by atoms with E-state index in [2.05, 4.69) is 31.5 Å². The van der Waals surface area contributed by atoms with Crippen LogP contribution in [0.15, 0.2) is 61.6 Å². The van der Waals surface area contributed by atoms with E-state index < -0.39 is 23.3 Å². The molecule has 0 bridgehead atoms. The number of nitrogens with one attached hydrogen (secondary N) is 1. The summed E-state index contributed by atoms with van der Waals surface area (Å²) in [5.41, 5.74) is 2.49. The van der Waals surface area contributed by atoms with E-state index in [-0.39, 0.29) is 17.4 Å². The predicted octanol–water partition coefficient (Wildman–Crippen LogP) is 4.51. The van der Waals surface area contributed by atoms with Gasteiger partial charge in [-0.1, -0.05) is 0 Å². The highest BCUT2D eigenvalue weighted by Gasteiger charge is 2.48. The first-order valence-corrected chi connectivity index (χ1v) is 14.3. The number of aryl methyl sites for hydroxylation is 1. The highest BCUT2D eigenvalue weighted by Crippen LogP contribution is 2.45. The van der Waals surface area contributed by atoms with E-state index in [1.165, 1.54) is 12.3 Å². The molecule has 0 spiro atoms. The fourth-order valence-corrected chi connectivity index (χ4v) is 6.75. The van der Waals surface area contributed by atoms with Crippen LogP contribution in [0.25, 0.3) is 27.9 Å². The third kappa shape index (κ3) is 5.24. The van der Waals surface area contributed by atoms with Crippen molar-refractivity contribution in [3.63, 3.8) is 0 Å². The first kappa shape index (κ1) is 28.5. The van der Waals surface area contributed by atoms with Crippen LogP contribution in [0, 0.1) is 23.2 Å². The number of halogens is 3. The second kappa shape index (κ2) is 10.4. The molecule has 1 saturated carbocycles. The van der Waals surface area contributed by atoms with Crippen LogP contribution in [0.4, 0.5) is 19.0 Å². The SMILES string of the molecule is Cn1cc(-c2cc(-c3cnc(N4C[C@@H]5CC(C)(NC(=O)c6ccnc(C(F)(F)F)c6)C[C@@H]5C4)cn3)c3c(C#N)cnn3c2)cn1. The summed E-state index contributed by atoms with van der Waals surface area (Å²) in [4.78, 5) is 27.9.